The lowest BCUT2D eigenvalue weighted by Gasteiger charge is -2.30. The Balaban J connectivity index is 1.47. The van der Waals surface area contributed by atoms with Crippen LogP contribution in [0.15, 0.2) is 49.1 Å². The lowest BCUT2D eigenvalue weighted by molar-refractivity contribution is 0.326. The number of benzene rings is 1. The fraction of sp³-hybridized carbons (Fsp3) is 0.391. The van der Waals surface area contributed by atoms with E-state index in [0.717, 1.165) is 11.3 Å². The van der Waals surface area contributed by atoms with E-state index in [-0.39, 0.29) is 34.8 Å². The molecule has 0 spiro atoms. The first-order chi connectivity index (χ1) is 16.3. The average molecular weight is 500 g/mol. The Kier molecular flexibility index (Phi) is 6.03. The van der Waals surface area contributed by atoms with Crippen LogP contribution in [-0.4, -0.2) is 49.2 Å². The summed E-state index contributed by atoms with van der Waals surface area (Å²) in [4.78, 5) is 13.2. The van der Waals surface area contributed by atoms with Gasteiger partial charge in [-0.25, -0.2) is 13.4 Å². The Bertz CT molecular complexity index is 1400. The molecule has 1 aromatic carbocycles. The molecule has 1 aliphatic heterocycles. The van der Waals surface area contributed by atoms with E-state index < -0.39 is 9.84 Å². The molecule has 0 aliphatic carbocycles. The van der Waals surface area contributed by atoms with Gasteiger partial charge < -0.3 is 9.88 Å². The standard InChI is InChI=1S/C23H26ClN7O2S/c1-15(2)30-14-25-19-21(28-23(24)29-22(19)30)27-18-12-26-31(13-18)20(16-6-4-3-5-7-16)17-8-10-34(32,33)11-9-17/h3-7,12-15,17,20H,8-11H2,1-2H3,(H,27,28,29). The summed E-state index contributed by atoms with van der Waals surface area (Å²) < 4.78 is 27.9. The number of fused-ring (bicyclic) bond motifs is 1. The minimum Gasteiger partial charge on any atom is -0.336 e. The number of hydrogen-bond donors (Lipinski definition) is 1. The number of aromatic nitrogens is 6. The van der Waals surface area contributed by atoms with Crippen molar-refractivity contribution in [2.75, 3.05) is 16.8 Å². The molecule has 178 valence electrons. The molecule has 5 rings (SSSR count). The van der Waals surface area contributed by atoms with E-state index in [1.165, 1.54) is 0 Å². The summed E-state index contributed by atoms with van der Waals surface area (Å²) >= 11 is 6.21. The van der Waals surface area contributed by atoms with Gasteiger partial charge in [-0.2, -0.15) is 15.1 Å². The van der Waals surface area contributed by atoms with Crippen molar-refractivity contribution in [3.05, 3.63) is 59.9 Å². The predicted molar refractivity (Wildman–Crippen MR) is 132 cm³/mol. The maximum absolute atomic E-state index is 12.0. The summed E-state index contributed by atoms with van der Waals surface area (Å²) in [5.74, 6) is 1.10. The number of anilines is 2. The number of nitrogens with zero attached hydrogens (tertiary/aromatic N) is 6. The van der Waals surface area contributed by atoms with Gasteiger partial charge in [0.15, 0.2) is 17.0 Å². The fourth-order valence-electron chi connectivity index (χ4n) is 4.56. The van der Waals surface area contributed by atoms with Crippen LogP contribution in [0.3, 0.4) is 0 Å². The Morgan fingerprint density at radius 2 is 1.85 bits per heavy atom. The number of nitrogens with one attached hydrogen (secondary N) is 1. The largest absolute Gasteiger partial charge is 0.336 e. The van der Waals surface area contributed by atoms with Crippen molar-refractivity contribution >= 4 is 44.1 Å². The van der Waals surface area contributed by atoms with Gasteiger partial charge in [-0.05, 0) is 49.8 Å². The van der Waals surface area contributed by atoms with Gasteiger partial charge in [0, 0.05) is 12.2 Å². The van der Waals surface area contributed by atoms with E-state index in [1.54, 1.807) is 12.5 Å². The first-order valence-corrected chi connectivity index (χ1v) is 13.5. The number of hydrogen-bond acceptors (Lipinski definition) is 7. The molecule has 1 N–H and O–H groups in total. The number of rotatable bonds is 6. The van der Waals surface area contributed by atoms with Gasteiger partial charge in [-0.15, -0.1) is 0 Å². The Morgan fingerprint density at radius 3 is 2.56 bits per heavy atom. The molecular weight excluding hydrogens is 474 g/mol. The second kappa shape index (κ2) is 8.99. The summed E-state index contributed by atoms with van der Waals surface area (Å²) in [6, 6.07) is 10.2. The monoisotopic (exact) mass is 499 g/mol. The molecule has 1 unspecified atom stereocenters. The highest BCUT2D eigenvalue weighted by Gasteiger charge is 2.32. The topological polar surface area (TPSA) is 108 Å². The third kappa shape index (κ3) is 4.52. The van der Waals surface area contributed by atoms with E-state index in [9.17, 15) is 8.42 Å². The highest BCUT2D eigenvalue weighted by Crippen LogP contribution is 2.35. The van der Waals surface area contributed by atoms with Crippen LogP contribution in [0.5, 0.6) is 0 Å². The summed E-state index contributed by atoms with van der Waals surface area (Å²) in [5.41, 5.74) is 3.13. The third-order valence-electron chi connectivity index (χ3n) is 6.29. The summed E-state index contributed by atoms with van der Waals surface area (Å²) in [5, 5.41) is 8.07. The van der Waals surface area contributed by atoms with Crippen LogP contribution in [-0.2, 0) is 9.84 Å². The Hall–Kier alpha value is -2.98. The molecule has 1 aliphatic rings. The van der Waals surface area contributed by atoms with Crippen LogP contribution in [0.4, 0.5) is 11.5 Å². The van der Waals surface area contributed by atoms with Gasteiger partial charge in [-0.3, -0.25) is 4.68 Å². The molecular formula is C23H26ClN7O2S. The average Bonchev–Trinajstić information content (AvgIpc) is 3.43. The normalized spacial score (nSPS) is 17.3. The maximum Gasteiger partial charge on any atom is 0.226 e. The minimum absolute atomic E-state index is 0.0681. The zero-order chi connectivity index (χ0) is 23.9. The number of halogens is 1. The lowest BCUT2D eigenvalue weighted by Crippen LogP contribution is -2.30. The molecule has 1 atom stereocenters. The molecule has 1 saturated heterocycles. The van der Waals surface area contributed by atoms with Gasteiger partial charge in [-0.1, -0.05) is 30.3 Å². The van der Waals surface area contributed by atoms with Crippen LogP contribution < -0.4 is 5.32 Å². The minimum atomic E-state index is -2.96. The van der Waals surface area contributed by atoms with E-state index >= 15 is 0 Å². The van der Waals surface area contributed by atoms with Crippen molar-refractivity contribution in [2.24, 2.45) is 5.92 Å². The SMILES string of the molecule is CC(C)n1cnc2c(Nc3cnn(C(c4ccccc4)C4CCS(=O)(=O)CC4)c3)nc(Cl)nc21. The van der Waals surface area contributed by atoms with Crippen molar-refractivity contribution in [1.82, 2.24) is 29.3 Å². The zero-order valence-electron chi connectivity index (χ0n) is 19.0. The molecule has 4 heterocycles. The lowest BCUT2D eigenvalue weighted by atomic mass is 9.88. The molecule has 11 heteroatoms. The maximum atomic E-state index is 12.0. The number of sulfone groups is 1. The Labute approximate surface area is 203 Å². The highest BCUT2D eigenvalue weighted by molar-refractivity contribution is 7.91. The fourth-order valence-corrected chi connectivity index (χ4v) is 6.25. The van der Waals surface area contributed by atoms with Crippen molar-refractivity contribution in [3.8, 4) is 0 Å². The zero-order valence-corrected chi connectivity index (χ0v) is 20.5. The molecule has 0 radical (unpaired) electrons. The van der Waals surface area contributed by atoms with Gasteiger partial charge in [0.05, 0.1) is 35.8 Å². The number of imidazole rings is 1. The Morgan fingerprint density at radius 1 is 1.12 bits per heavy atom. The second-order valence-electron chi connectivity index (χ2n) is 8.94. The predicted octanol–water partition coefficient (Wildman–Crippen LogP) is 4.41. The van der Waals surface area contributed by atoms with Crippen molar-refractivity contribution in [3.63, 3.8) is 0 Å². The van der Waals surface area contributed by atoms with Crippen LogP contribution in [0.2, 0.25) is 5.28 Å². The molecule has 3 aromatic heterocycles. The highest BCUT2D eigenvalue weighted by atomic mass is 35.5. The first-order valence-electron chi connectivity index (χ1n) is 11.3. The third-order valence-corrected chi connectivity index (χ3v) is 8.17. The van der Waals surface area contributed by atoms with Crippen LogP contribution in [0, 0.1) is 5.92 Å². The molecule has 1 fully saturated rings. The van der Waals surface area contributed by atoms with E-state index in [1.807, 2.05) is 33.6 Å². The molecule has 0 saturated carbocycles. The van der Waals surface area contributed by atoms with Crippen molar-refractivity contribution in [1.29, 1.82) is 0 Å². The quantitative estimate of drug-likeness (QED) is 0.391. The van der Waals surface area contributed by atoms with Gasteiger partial charge >= 0.3 is 0 Å². The molecule has 4 aromatic rings. The van der Waals surface area contributed by atoms with E-state index in [4.69, 9.17) is 11.6 Å². The summed E-state index contributed by atoms with van der Waals surface area (Å²) in [6.45, 7) is 4.10. The van der Waals surface area contributed by atoms with Gasteiger partial charge in [0.2, 0.25) is 5.28 Å². The van der Waals surface area contributed by atoms with Crippen LogP contribution >= 0.6 is 11.6 Å². The van der Waals surface area contributed by atoms with Gasteiger partial charge in [0.1, 0.15) is 9.84 Å². The van der Waals surface area contributed by atoms with Crippen molar-refractivity contribution < 1.29 is 8.42 Å². The van der Waals surface area contributed by atoms with E-state index in [2.05, 4.69) is 51.3 Å². The smallest absolute Gasteiger partial charge is 0.226 e. The first kappa shape index (κ1) is 22.8. The van der Waals surface area contributed by atoms with Crippen LogP contribution in [0.25, 0.3) is 11.2 Å². The summed E-state index contributed by atoms with van der Waals surface area (Å²) in [7, 11) is -2.96. The second-order valence-corrected chi connectivity index (χ2v) is 11.6. The van der Waals surface area contributed by atoms with Crippen LogP contribution in [0.1, 0.15) is 44.3 Å². The molecule has 34 heavy (non-hydrogen) atoms. The van der Waals surface area contributed by atoms with Crippen molar-refractivity contribution in [2.45, 2.75) is 38.8 Å². The van der Waals surface area contributed by atoms with Gasteiger partial charge in [0.25, 0.3) is 0 Å². The summed E-state index contributed by atoms with van der Waals surface area (Å²) in [6.07, 6.45) is 6.61. The molecule has 9 nitrogen and oxygen atoms in total. The molecule has 0 amide bonds. The molecule has 0 bridgehead atoms. The van der Waals surface area contributed by atoms with E-state index in [0.29, 0.717) is 29.8 Å².